The van der Waals surface area contributed by atoms with E-state index in [0.717, 1.165) is 34.7 Å². The van der Waals surface area contributed by atoms with Crippen molar-refractivity contribution in [2.24, 2.45) is 5.92 Å². The average molecular weight is 323 g/mol. The Kier molecular flexibility index (Phi) is 3.80. The van der Waals surface area contributed by atoms with Gasteiger partial charge in [-0.05, 0) is 31.7 Å². The van der Waals surface area contributed by atoms with Gasteiger partial charge in [-0.3, -0.25) is 14.2 Å². The highest BCUT2D eigenvalue weighted by Crippen LogP contribution is 2.30. The summed E-state index contributed by atoms with van der Waals surface area (Å²) in [7, 11) is 0. The van der Waals surface area contributed by atoms with E-state index in [0.29, 0.717) is 13.0 Å². The Bertz CT molecular complexity index is 875. The molecule has 24 heavy (non-hydrogen) atoms. The molecule has 0 radical (unpaired) electrons. The first-order valence-corrected chi connectivity index (χ1v) is 8.43. The van der Waals surface area contributed by atoms with Gasteiger partial charge in [-0.2, -0.15) is 10.2 Å². The second-order valence-electron chi connectivity index (χ2n) is 6.52. The molecule has 3 aromatic rings. The summed E-state index contributed by atoms with van der Waals surface area (Å²) >= 11 is 0. The fraction of sp³-hybridized carbons (Fsp3) is 0.389. The Balaban J connectivity index is 1.36. The Labute approximate surface area is 140 Å². The number of rotatable bonds is 6. The lowest BCUT2D eigenvalue weighted by Gasteiger charge is -2.04. The van der Waals surface area contributed by atoms with Gasteiger partial charge >= 0.3 is 0 Å². The third-order valence-electron chi connectivity index (χ3n) is 4.45. The number of hydrogen-bond acceptors (Lipinski definition) is 3. The van der Waals surface area contributed by atoms with Crippen LogP contribution in [-0.4, -0.2) is 25.5 Å². The molecule has 4 rings (SSSR count). The van der Waals surface area contributed by atoms with Gasteiger partial charge in [0.1, 0.15) is 0 Å². The summed E-state index contributed by atoms with van der Waals surface area (Å²) in [5.74, 6) is 0.753. The zero-order chi connectivity index (χ0) is 16.5. The minimum Gasteiger partial charge on any atom is -0.323 e. The molecule has 1 aromatic carbocycles. The molecule has 0 aliphatic heterocycles. The van der Waals surface area contributed by atoms with Crippen LogP contribution in [0.1, 0.15) is 25.0 Å². The van der Waals surface area contributed by atoms with E-state index in [2.05, 4.69) is 21.6 Å². The minimum absolute atomic E-state index is 0.0155. The molecule has 1 amide bonds. The van der Waals surface area contributed by atoms with E-state index in [1.54, 1.807) is 6.20 Å². The van der Waals surface area contributed by atoms with Crippen LogP contribution in [-0.2, 0) is 17.9 Å². The van der Waals surface area contributed by atoms with Crippen molar-refractivity contribution in [1.82, 2.24) is 19.6 Å². The molecule has 124 valence electrons. The molecule has 6 heteroatoms. The highest BCUT2D eigenvalue weighted by Gasteiger charge is 2.22. The van der Waals surface area contributed by atoms with Gasteiger partial charge in [-0.15, -0.1) is 0 Å². The number of hydrogen-bond donors (Lipinski definition) is 1. The van der Waals surface area contributed by atoms with E-state index in [1.807, 2.05) is 40.7 Å². The van der Waals surface area contributed by atoms with E-state index in [9.17, 15) is 4.79 Å². The monoisotopic (exact) mass is 323 g/mol. The highest BCUT2D eigenvalue weighted by molar-refractivity contribution is 5.90. The van der Waals surface area contributed by atoms with Crippen LogP contribution >= 0.6 is 0 Å². The first kappa shape index (κ1) is 14.9. The Morgan fingerprint density at radius 3 is 3.00 bits per heavy atom. The summed E-state index contributed by atoms with van der Waals surface area (Å²) in [5, 5.41) is 12.9. The molecule has 1 aliphatic rings. The van der Waals surface area contributed by atoms with Crippen LogP contribution in [0.25, 0.3) is 10.9 Å². The summed E-state index contributed by atoms with van der Waals surface area (Å²) in [6, 6.07) is 8.10. The van der Waals surface area contributed by atoms with Crippen molar-refractivity contribution >= 4 is 22.5 Å². The van der Waals surface area contributed by atoms with Crippen LogP contribution in [0.5, 0.6) is 0 Å². The Morgan fingerprint density at radius 1 is 1.33 bits per heavy atom. The van der Waals surface area contributed by atoms with Crippen LogP contribution in [0.15, 0.2) is 36.7 Å². The normalized spacial score (nSPS) is 14.2. The number of aromatic nitrogens is 4. The fourth-order valence-electron chi connectivity index (χ4n) is 2.99. The number of nitrogens with one attached hydrogen (secondary N) is 1. The van der Waals surface area contributed by atoms with Gasteiger partial charge in [0.25, 0.3) is 0 Å². The SMILES string of the molecule is Cc1nn(CCC(=O)Nc2cnn(CC3CC3)c2)c2ccccc12. The molecule has 6 nitrogen and oxygen atoms in total. The van der Waals surface area contributed by atoms with Gasteiger partial charge in [0, 0.05) is 24.5 Å². The lowest BCUT2D eigenvalue weighted by molar-refractivity contribution is -0.116. The average Bonchev–Trinajstić information content (AvgIpc) is 3.19. The maximum Gasteiger partial charge on any atom is 0.226 e. The molecule has 1 aliphatic carbocycles. The van der Waals surface area contributed by atoms with Gasteiger partial charge in [0.2, 0.25) is 5.91 Å². The first-order valence-electron chi connectivity index (χ1n) is 8.43. The lowest BCUT2D eigenvalue weighted by Crippen LogP contribution is -2.14. The number of aryl methyl sites for hydroxylation is 2. The summed E-state index contributed by atoms with van der Waals surface area (Å²) in [6.45, 7) is 3.51. The zero-order valence-corrected chi connectivity index (χ0v) is 13.8. The van der Waals surface area contributed by atoms with Crippen molar-refractivity contribution in [2.75, 3.05) is 5.32 Å². The number of fused-ring (bicyclic) bond motifs is 1. The van der Waals surface area contributed by atoms with Crippen LogP contribution in [0, 0.1) is 12.8 Å². The number of amides is 1. The zero-order valence-electron chi connectivity index (χ0n) is 13.8. The van der Waals surface area contributed by atoms with Crippen molar-refractivity contribution in [3.63, 3.8) is 0 Å². The summed E-state index contributed by atoms with van der Waals surface area (Å²) < 4.78 is 3.82. The minimum atomic E-state index is -0.0155. The van der Waals surface area contributed by atoms with Crippen molar-refractivity contribution < 1.29 is 4.79 Å². The number of anilines is 1. The third kappa shape index (κ3) is 3.18. The number of carbonyl (C=O) groups excluding carboxylic acids is 1. The molecule has 1 saturated carbocycles. The highest BCUT2D eigenvalue weighted by atomic mass is 16.1. The molecule has 0 saturated heterocycles. The topological polar surface area (TPSA) is 64.7 Å². The summed E-state index contributed by atoms with van der Waals surface area (Å²) in [5.41, 5.74) is 2.83. The first-order chi connectivity index (χ1) is 11.7. The van der Waals surface area contributed by atoms with Crippen LogP contribution in [0.4, 0.5) is 5.69 Å². The van der Waals surface area contributed by atoms with E-state index in [-0.39, 0.29) is 5.91 Å². The number of para-hydroxylation sites is 1. The molecular formula is C18H21N5O. The smallest absolute Gasteiger partial charge is 0.226 e. The van der Waals surface area contributed by atoms with Gasteiger partial charge in [0.15, 0.2) is 0 Å². The fourth-order valence-corrected chi connectivity index (χ4v) is 2.99. The Morgan fingerprint density at radius 2 is 2.17 bits per heavy atom. The van der Waals surface area contributed by atoms with Gasteiger partial charge in [-0.1, -0.05) is 18.2 Å². The molecular weight excluding hydrogens is 302 g/mol. The lowest BCUT2D eigenvalue weighted by atomic mass is 10.2. The molecule has 2 aromatic heterocycles. The van der Waals surface area contributed by atoms with Crippen molar-refractivity contribution in [2.45, 2.75) is 39.3 Å². The third-order valence-corrected chi connectivity index (χ3v) is 4.45. The number of carbonyl (C=O) groups is 1. The van der Waals surface area contributed by atoms with Gasteiger partial charge in [-0.25, -0.2) is 0 Å². The van der Waals surface area contributed by atoms with Crippen molar-refractivity contribution in [3.05, 3.63) is 42.4 Å². The molecule has 0 unspecified atom stereocenters. The van der Waals surface area contributed by atoms with Gasteiger partial charge in [0.05, 0.1) is 29.6 Å². The van der Waals surface area contributed by atoms with E-state index >= 15 is 0 Å². The summed E-state index contributed by atoms with van der Waals surface area (Å²) in [6.07, 6.45) is 6.59. The van der Waals surface area contributed by atoms with Crippen LogP contribution < -0.4 is 5.32 Å². The van der Waals surface area contributed by atoms with E-state index < -0.39 is 0 Å². The van der Waals surface area contributed by atoms with Crippen molar-refractivity contribution in [1.29, 1.82) is 0 Å². The van der Waals surface area contributed by atoms with E-state index in [4.69, 9.17) is 0 Å². The molecule has 0 atom stereocenters. The molecule has 1 fully saturated rings. The predicted molar refractivity (Wildman–Crippen MR) is 92.7 cm³/mol. The van der Waals surface area contributed by atoms with E-state index in [1.165, 1.54) is 12.8 Å². The molecule has 1 N–H and O–H groups in total. The maximum atomic E-state index is 12.2. The van der Waals surface area contributed by atoms with Crippen molar-refractivity contribution in [3.8, 4) is 0 Å². The quantitative estimate of drug-likeness (QED) is 0.758. The number of nitrogens with zero attached hydrogens (tertiary/aromatic N) is 4. The standard InChI is InChI=1S/C18H21N5O/c1-13-16-4-2-3-5-17(16)23(21-13)9-8-18(24)20-15-10-19-22(12-15)11-14-6-7-14/h2-5,10,12,14H,6-9,11H2,1H3,(H,20,24). The second-order valence-corrected chi connectivity index (χ2v) is 6.52. The summed E-state index contributed by atoms with van der Waals surface area (Å²) in [4.78, 5) is 12.2. The Hall–Kier alpha value is -2.63. The predicted octanol–water partition coefficient (Wildman–Crippen LogP) is 2.98. The largest absolute Gasteiger partial charge is 0.323 e. The molecule has 0 spiro atoms. The molecule has 2 heterocycles. The molecule has 0 bridgehead atoms. The van der Waals surface area contributed by atoms with Crippen LogP contribution in [0.2, 0.25) is 0 Å². The number of benzene rings is 1. The second kappa shape index (κ2) is 6.11. The van der Waals surface area contributed by atoms with Crippen LogP contribution in [0.3, 0.4) is 0 Å². The van der Waals surface area contributed by atoms with Gasteiger partial charge < -0.3 is 5.32 Å². The maximum absolute atomic E-state index is 12.2.